The number of hydrogen-bond donors (Lipinski definition) is 2. The molecule has 0 aromatic carbocycles. The number of aromatic nitrogens is 2. The summed E-state index contributed by atoms with van der Waals surface area (Å²) in [6.07, 6.45) is 5.40. The lowest BCUT2D eigenvalue weighted by Gasteiger charge is -2.26. The van der Waals surface area contributed by atoms with E-state index in [4.69, 9.17) is 0 Å². The topological polar surface area (TPSA) is 79.3 Å². The Hall–Kier alpha value is -1.89. The Morgan fingerprint density at radius 2 is 2.36 bits per heavy atom. The quantitative estimate of drug-likeness (QED) is 0.794. The highest BCUT2D eigenvalue weighted by atomic mass is 16.2. The number of aryl methyl sites for hydroxylation is 1. The van der Waals surface area contributed by atoms with Gasteiger partial charge in [-0.1, -0.05) is 0 Å². The molecule has 2 N–H and O–H groups in total. The lowest BCUT2D eigenvalue weighted by molar-refractivity contribution is -0.129. The first-order chi connectivity index (χ1) is 10.6. The zero-order valence-corrected chi connectivity index (χ0v) is 13.0. The molecular formula is C15H23N5O2. The van der Waals surface area contributed by atoms with Gasteiger partial charge in [-0.25, -0.2) is 4.98 Å². The summed E-state index contributed by atoms with van der Waals surface area (Å²) < 4.78 is 2.04. The molecule has 0 saturated carbocycles. The molecule has 3 rings (SSSR count). The summed E-state index contributed by atoms with van der Waals surface area (Å²) in [5, 5.41) is 5.71. The molecule has 0 unspecified atom stereocenters. The van der Waals surface area contributed by atoms with E-state index in [1.807, 2.05) is 17.9 Å². The third-order valence-corrected chi connectivity index (χ3v) is 4.42. The number of fused-ring (bicyclic) bond motifs is 1. The Kier molecular flexibility index (Phi) is 4.42. The molecule has 3 heterocycles. The van der Waals surface area contributed by atoms with Crippen LogP contribution in [-0.4, -0.2) is 51.9 Å². The number of carbonyl (C=O) groups is 2. The SMILES string of the molecule is Cn1cnc2c1CCN(CC(=O)N[C@H]1CCCCNC1=O)C2. The van der Waals surface area contributed by atoms with Gasteiger partial charge in [-0.05, 0) is 19.3 Å². The van der Waals surface area contributed by atoms with Crippen molar-refractivity contribution in [3.05, 3.63) is 17.7 Å². The predicted octanol–water partition coefficient (Wildman–Crippen LogP) is -0.437. The van der Waals surface area contributed by atoms with Crippen molar-refractivity contribution in [2.75, 3.05) is 19.6 Å². The van der Waals surface area contributed by atoms with Crippen molar-refractivity contribution < 1.29 is 9.59 Å². The van der Waals surface area contributed by atoms with E-state index in [1.54, 1.807) is 0 Å². The second kappa shape index (κ2) is 6.48. The summed E-state index contributed by atoms with van der Waals surface area (Å²) in [7, 11) is 2.00. The van der Waals surface area contributed by atoms with Gasteiger partial charge in [0.1, 0.15) is 6.04 Å². The average Bonchev–Trinajstić information content (AvgIpc) is 2.74. The molecule has 0 radical (unpaired) electrons. The fraction of sp³-hybridized carbons (Fsp3) is 0.667. The minimum absolute atomic E-state index is 0.0588. The van der Waals surface area contributed by atoms with Crippen molar-refractivity contribution in [3.8, 4) is 0 Å². The van der Waals surface area contributed by atoms with Crippen LogP contribution in [-0.2, 0) is 29.6 Å². The standard InChI is InChI=1S/C15H23N5O2/c1-19-10-17-12-8-20(7-5-13(12)19)9-14(21)18-11-4-2-3-6-16-15(11)22/h10-11H,2-9H2,1H3,(H,16,22)(H,18,21)/t11-/m0/s1. The van der Waals surface area contributed by atoms with Gasteiger partial charge in [0.05, 0.1) is 18.6 Å². The summed E-state index contributed by atoms with van der Waals surface area (Å²) in [5.74, 6) is -0.141. The Morgan fingerprint density at radius 3 is 3.23 bits per heavy atom. The number of imidazole rings is 1. The molecular weight excluding hydrogens is 282 g/mol. The molecule has 0 spiro atoms. The van der Waals surface area contributed by atoms with Crippen LogP contribution in [0.5, 0.6) is 0 Å². The van der Waals surface area contributed by atoms with E-state index in [-0.39, 0.29) is 17.9 Å². The molecule has 120 valence electrons. The van der Waals surface area contributed by atoms with Gasteiger partial charge in [0.2, 0.25) is 11.8 Å². The van der Waals surface area contributed by atoms with Crippen LogP contribution in [0.3, 0.4) is 0 Å². The molecule has 1 aromatic rings. The summed E-state index contributed by atoms with van der Waals surface area (Å²) >= 11 is 0. The molecule has 1 atom stereocenters. The van der Waals surface area contributed by atoms with Crippen LogP contribution in [0.1, 0.15) is 30.7 Å². The second-order valence-electron chi connectivity index (χ2n) is 6.12. The van der Waals surface area contributed by atoms with Crippen molar-refractivity contribution >= 4 is 11.8 Å². The van der Waals surface area contributed by atoms with Gasteiger partial charge in [-0.3, -0.25) is 14.5 Å². The van der Waals surface area contributed by atoms with Crippen LogP contribution in [0, 0.1) is 0 Å². The highest BCUT2D eigenvalue weighted by Gasteiger charge is 2.25. The number of carbonyl (C=O) groups excluding carboxylic acids is 2. The molecule has 2 aliphatic rings. The predicted molar refractivity (Wildman–Crippen MR) is 81.0 cm³/mol. The molecule has 1 aromatic heterocycles. The van der Waals surface area contributed by atoms with Gasteiger partial charge in [0.25, 0.3) is 0 Å². The first kappa shape index (κ1) is 15.0. The van der Waals surface area contributed by atoms with Crippen LogP contribution in [0.25, 0.3) is 0 Å². The van der Waals surface area contributed by atoms with E-state index >= 15 is 0 Å². The van der Waals surface area contributed by atoms with Gasteiger partial charge >= 0.3 is 0 Å². The Balaban J connectivity index is 1.53. The van der Waals surface area contributed by atoms with Crippen molar-refractivity contribution in [2.24, 2.45) is 7.05 Å². The van der Waals surface area contributed by atoms with Crippen LogP contribution in [0.15, 0.2) is 6.33 Å². The first-order valence-electron chi connectivity index (χ1n) is 7.92. The maximum Gasteiger partial charge on any atom is 0.242 e. The Labute approximate surface area is 130 Å². The van der Waals surface area contributed by atoms with Gasteiger partial charge in [0.15, 0.2) is 0 Å². The van der Waals surface area contributed by atoms with Crippen LogP contribution >= 0.6 is 0 Å². The third kappa shape index (κ3) is 3.30. The van der Waals surface area contributed by atoms with Crippen LogP contribution in [0.2, 0.25) is 0 Å². The van der Waals surface area contributed by atoms with Gasteiger partial charge in [-0.2, -0.15) is 0 Å². The van der Waals surface area contributed by atoms with Crippen molar-refractivity contribution in [1.82, 2.24) is 25.1 Å². The van der Waals surface area contributed by atoms with Crippen LogP contribution < -0.4 is 10.6 Å². The summed E-state index contributed by atoms with van der Waals surface area (Å²) in [6, 6.07) is -0.384. The molecule has 2 aliphatic heterocycles. The van der Waals surface area contributed by atoms with Crippen LogP contribution in [0.4, 0.5) is 0 Å². The van der Waals surface area contributed by atoms with Gasteiger partial charge < -0.3 is 15.2 Å². The van der Waals surface area contributed by atoms with E-state index in [0.717, 1.165) is 37.9 Å². The van der Waals surface area contributed by atoms with Gasteiger partial charge in [-0.15, -0.1) is 0 Å². The highest BCUT2D eigenvalue weighted by Crippen LogP contribution is 2.16. The molecule has 1 saturated heterocycles. The maximum atomic E-state index is 12.2. The van der Waals surface area contributed by atoms with Gasteiger partial charge in [0, 0.05) is 38.8 Å². The smallest absolute Gasteiger partial charge is 0.242 e. The molecule has 1 fully saturated rings. The van der Waals surface area contributed by atoms with E-state index in [0.29, 0.717) is 19.6 Å². The van der Waals surface area contributed by atoms with E-state index in [9.17, 15) is 9.59 Å². The zero-order chi connectivity index (χ0) is 15.5. The molecule has 22 heavy (non-hydrogen) atoms. The molecule has 0 bridgehead atoms. The maximum absolute atomic E-state index is 12.2. The lowest BCUT2D eigenvalue weighted by Crippen LogP contribution is -2.49. The summed E-state index contributed by atoms with van der Waals surface area (Å²) in [6.45, 7) is 2.57. The van der Waals surface area contributed by atoms with Crippen molar-refractivity contribution in [1.29, 1.82) is 0 Å². The number of rotatable bonds is 3. The molecule has 7 heteroatoms. The molecule has 7 nitrogen and oxygen atoms in total. The number of nitrogens with zero attached hydrogens (tertiary/aromatic N) is 3. The normalized spacial score (nSPS) is 22.6. The Bertz CT molecular complexity index is 568. The first-order valence-corrected chi connectivity index (χ1v) is 7.92. The summed E-state index contributed by atoms with van der Waals surface area (Å²) in [4.78, 5) is 30.5. The van der Waals surface area contributed by atoms with E-state index < -0.39 is 0 Å². The summed E-state index contributed by atoms with van der Waals surface area (Å²) in [5.41, 5.74) is 2.30. The average molecular weight is 305 g/mol. The fourth-order valence-electron chi connectivity index (χ4n) is 3.17. The van der Waals surface area contributed by atoms with E-state index in [1.165, 1.54) is 5.69 Å². The Morgan fingerprint density at radius 1 is 1.50 bits per heavy atom. The monoisotopic (exact) mass is 305 g/mol. The largest absolute Gasteiger partial charge is 0.354 e. The number of hydrogen-bond acceptors (Lipinski definition) is 4. The highest BCUT2D eigenvalue weighted by molar-refractivity contribution is 5.88. The van der Waals surface area contributed by atoms with Crippen molar-refractivity contribution in [3.63, 3.8) is 0 Å². The lowest BCUT2D eigenvalue weighted by atomic mass is 10.1. The molecule has 2 amide bonds. The zero-order valence-electron chi connectivity index (χ0n) is 13.0. The molecule has 0 aliphatic carbocycles. The fourth-order valence-corrected chi connectivity index (χ4v) is 3.17. The van der Waals surface area contributed by atoms with E-state index in [2.05, 4.69) is 20.5 Å². The minimum Gasteiger partial charge on any atom is -0.354 e. The second-order valence-corrected chi connectivity index (χ2v) is 6.12. The third-order valence-electron chi connectivity index (χ3n) is 4.42. The van der Waals surface area contributed by atoms with Crippen molar-refractivity contribution in [2.45, 2.75) is 38.3 Å². The number of amides is 2. The minimum atomic E-state index is -0.384. The number of nitrogens with one attached hydrogen (secondary N) is 2.